The van der Waals surface area contributed by atoms with E-state index in [1.165, 1.54) is 23.3 Å². The fourth-order valence-electron chi connectivity index (χ4n) is 3.20. The molecule has 0 amide bonds. The van der Waals surface area contributed by atoms with Crippen LogP contribution in [0, 0.1) is 11.3 Å². The van der Waals surface area contributed by atoms with Crippen LogP contribution in [0.5, 0.6) is 0 Å². The lowest BCUT2D eigenvalue weighted by atomic mass is 10.0. The van der Waals surface area contributed by atoms with Crippen molar-refractivity contribution in [1.29, 1.82) is 5.26 Å². The van der Waals surface area contributed by atoms with Crippen molar-refractivity contribution >= 4 is 22.9 Å². The van der Waals surface area contributed by atoms with Crippen molar-refractivity contribution < 1.29 is 0 Å². The molecule has 24 heavy (non-hydrogen) atoms. The minimum absolute atomic E-state index is 0.613. The average molecular weight is 361 g/mol. The number of thiazole rings is 1. The molecular formula is C18H21ClN4S. The third-order valence-corrected chi connectivity index (χ3v) is 5.70. The zero-order valence-electron chi connectivity index (χ0n) is 13.8. The summed E-state index contributed by atoms with van der Waals surface area (Å²) in [6, 6.07) is 10.7. The van der Waals surface area contributed by atoms with Gasteiger partial charge >= 0.3 is 0 Å². The SMILES string of the molecule is CN(Cc1ccc(C#N)cc1)C1CCN(Cc2cnc(Cl)s2)CC1. The molecule has 2 heterocycles. The van der Waals surface area contributed by atoms with E-state index in [4.69, 9.17) is 16.9 Å². The summed E-state index contributed by atoms with van der Waals surface area (Å²) < 4.78 is 0.627. The number of rotatable bonds is 5. The van der Waals surface area contributed by atoms with Crippen LogP contribution in [0.2, 0.25) is 4.47 Å². The van der Waals surface area contributed by atoms with E-state index in [-0.39, 0.29) is 0 Å². The van der Waals surface area contributed by atoms with Crippen LogP contribution in [0.3, 0.4) is 0 Å². The number of hydrogen-bond donors (Lipinski definition) is 0. The van der Waals surface area contributed by atoms with E-state index in [1.807, 2.05) is 18.3 Å². The van der Waals surface area contributed by atoms with E-state index in [1.54, 1.807) is 11.3 Å². The highest BCUT2D eigenvalue weighted by Gasteiger charge is 2.22. The zero-order chi connectivity index (χ0) is 16.9. The van der Waals surface area contributed by atoms with Crippen LogP contribution >= 0.6 is 22.9 Å². The van der Waals surface area contributed by atoms with Gasteiger partial charge in [0.2, 0.25) is 0 Å². The maximum atomic E-state index is 8.87. The van der Waals surface area contributed by atoms with Gasteiger partial charge in [-0.2, -0.15) is 5.26 Å². The van der Waals surface area contributed by atoms with Gasteiger partial charge in [0.1, 0.15) is 0 Å². The van der Waals surface area contributed by atoms with E-state index >= 15 is 0 Å². The summed E-state index contributed by atoms with van der Waals surface area (Å²) in [7, 11) is 2.20. The summed E-state index contributed by atoms with van der Waals surface area (Å²) in [4.78, 5) is 10.3. The van der Waals surface area contributed by atoms with E-state index in [2.05, 4.69) is 40.0 Å². The fourth-order valence-corrected chi connectivity index (χ4v) is 4.22. The molecule has 0 aliphatic carbocycles. The Morgan fingerprint density at radius 3 is 2.62 bits per heavy atom. The molecule has 0 saturated carbocycles. The van der Waals surface area contributed by atoms with Crippen molar-refractivity contribution in [2.75, 3.05) is 20.1 Å². The first-order valence-corrected chi connectivity index (χ1v) is 9.35. The molecule has 2 aromatic rings. The molecule has 126 valence electrons. The summed E-state index contributed by atoms with van der Waals surface area (Å²) in [6.07, 6.45) is 4.24. The Balaban J connectivity index is 1.47. The van der Waals surface area contributed by atoms with Crippen LogP contribution < -0.4 is 0 Å². The molecule has 6 heteroatoms. The second-order valence-electron chi connectivity index (χ2n) is 6.31. The number of likely N-dealkylation sites (tertiary alicyclic amines) is 1. The predicted molar refractivity (Wildman–Crippen MR) is 98.0 cm³/mol. The normalized spacial score (nSPS) is 16.4. The van der Waals surface area contributed by atoms with Crippen molar-refractivity contribution in [2.45, 2.75) is 32.0 Å². The summed E-state index contributed by atoms with van der Waals surface area (Å²) in [5.41, 5.74) is 1.98. The number of benzene rings is 1. The first kappa shape index (κ1) is 17.4. The van der Waals surface area contributed by atoms with Gasteiger partial charge in [-0.3, -0.25) is 9.80 Å². The summed E-state index contributed by atoms with van der Waals surface area (Å²) >= 11 is 7.48. The van der Waals surface area contributed by atoms with Gasteiger partial charge in [0.25, 0.3) is 0 Å². The zero-order valence-corrected chi connectivity index (χ0v) is 15.4. The minimum atomic E-state index is 0.613. The lowest BCUT2D eigenvalue weighted by Crippen LogP contribution is -2.42. The monoisotopic (exact) mass is 360 g/mol. The van der Waals surface area contributed by atoms with Gasteiger partial charge in [-0.05, 0) is 37.6 Å². The van der Waals surface area contributed by atoms with Gasteiger partial charge in [0, 0.05) is 43.3 Å². The molecule has 1 aliphatic heterocycles. The highest BCUT2D eigenvalue weighted by atomic mass is 35.5. The highest BCUT2D eigenvalue weighted by molar-refractivity contribution is 7.15. The number of halogens is 1. The Morgan fingerprint density at radius 2 is 2.04 bits per heavy atom. The van der Waals surface area contributed by atoms with E-state index < -0.39 is 0 Å². The third kappa shape index (κ3) is 4.55. The van der Waals surface area contributed by atoms with E-state index in [9.17, 15) is 0 Å². The molecule has 1 aliphatic rings. The maximum absolute atomic E-state index is 8.87. The molecule has 0 N–H and O–H groups in total. The smallest absolute Gasteiger partial charge is 0.183 e. The van der Waals surface area contributed by atoms with Crippen molar-refractivity contribution in [3.63, 3.8) is 0 Å². The highest BCUT2D eigenvalue weighted by Crippen LogP contribution is 2.23. The number of nitrogens with zero attached hydrogens (tertiary/aromatic N) is 4. The summed E-state index contributed by atoms with van der Waals surface area (Å²) in [5.74, 6) is 0. The van der Waals surface area contributed by atoms with Crippen molar-refractivity contribution in [1.82, 2.24) is 14.8 Å². The van der Waals surface area contributed by atoms with Crippen LogP contribution in [0.15, 0.2) is 30.5 Å². The summed E-state index contributed by atoms with van der Waals surface area (Å²) in [5, 5.41) is 8.87. The Kier molecular flexibility index (Phi) is 5.85. The van der Waals surface area contributed by atoms with Gasteiger partial charge in [0.05, 0.1) is 11.6 Å². The summed E-state index contributed by atoms with van der Waals surface area (Å²) in [6.45, 7) is 4.10. The molecule has 1 aromatic carbocycles. The van der Waals surface area contributed by atoms with Gasteiger partial charge < -0.3 is 0 Å². The molecule has 0 unspecified atom stereocenters. The second-order valence-corrected chi connectivity index (χ2v) is 8.01. The van der Waals surface area contributed by atoms with Crippen molar-refractivity contribution in [2.24, 2.45) is 0 Å². The van der Waals surface area contributed by atoms with Crippen LogP contribution in [-0.2, 0) is 13.1 Å². The van der Waals surface area contributed by atoms with Crippen LogP contribution in [0.4, 0.5) is 0 Å². The van der Waals surface area contributed by atoms with Gasteiger partial charge in [-0.25, -0.2) is 4.98 Å². The molecule has 4 nitrogen and oxygen atoms in total. The van der Waals surface area contributed by atoms with Gasteiger partial charge in [-0.15, -0.1) is 11.3 Å². The molecule has 1 aromatic heterocycles. The standard InChI is InChI=1S/C18H21ClN4S/c1-22(12-15-4-2-14(10-20)3-5-15)16-6-8-23(9-7-16)13-17-11-21-18(19)24-17/h2-5,11,16H,6-9,12-13H2,1H3. The first-order valence-electron chi connectivity index (χ1n) is 8.16. The quantitative estimate of drug-likeness (QED) is 0.814. The van der Waals surface area contributed by atoms with Crippen LogP contribution in [-0.4, -0.2) is 41.0 Å². The average Bonchev–Trinajstić information content (AvgIpc) is 3.01. The fraction of sp³-hybridized carbons (Fsp3) is 0.444. The van der Waals surface area contributed by atoms with Crippen LogP contribution in [0.1, 0.15) is 28.8 Å². The Bertz CT molecular complexity index is 699. The molecular weight excluding hydrogens is 340 g/mol. The Morgan fingerprint density at radius 1 is 1.33 bits per heavy atom. The topological polar surface area (TPSA) is 43.2 Å². The third-order valence-electron chi connectivity index (χ3n) is 4.60. The van der Waals surface area contributed by atoms with Crippen molar-refractivity contribution in [3.8, 4) is 6.07 Å². The molecule has 3 rings (SSSR count). The lowest BCUT2D eigenvalue weighted by molar-refractivity contribution is 0.120. The minimum Gasteiger partial charge on any atom is -0.299 e. The Labute approximate surface area is 152 Å². The number of hydrogen-bond acceptors (Lipinski definition) is 5. The predicted octanol–water partition coefficient (Wildman–Crippen LogP) is 3.76. The van der Waals surface area contributed by atoms with E-state index in [0.717, 1.165) is 31.7 Å². The number of nitriles is 1. The molecule has 1 fully saturated rings. The Hall–Kier alpha value is -1.45. The van der Waals surface area contributed by atoms with Gasteiger partial charge in [-0.1, -0.05) is 23.7 Å². The first-order chi connectivity index (χ1) is 11.6. The van der Waals surface area contributed by atoms with E-state index in [0.29, 0.717) is 10.5 Å². The largest absolute Gasteiger partial charge is 0.299 e. The number of aromatic nitrogens is 1. The molecule has 1 saturated heterocycles. The number of piperidine rings is 1. The molecule has 0 spiro atoms. The molecule has 0 atom stereocenters. The molecule has 0 radical (unpaired) electrons. The maximum Gasteiger partial charge on any atom is 0.183 e. The van der Waals surface area contributed by atoms with Crippen LogP contribution in [0.25, 0.3) is 0 Å². The lowest BCUT2D eigenvalue weighted by Gasteiger charge is -2.36. The second kappa shape index (κ2) is 8.09. The van der Waals surface area contributed by atoms with Gasteiger partial charge in [0.15, 0.2) is 4.47 Å². The van der Waals surface area contributed by atoms with Crippen molar-refractivity contribution in [3.05, 3.63) is 50.9 Å². The molecule has 0 bridgehead atoms.